The molecular formula is C9H13N7. The van der Waals surface area contributed by atoms with Crippen LogP contribution in [0.5, 0.6) is 0 Å². The number of rotatable bonds is 2. The smallest absolute Gasteiger partial charge is 0.199 e. The predicted molar refractivity (Wildman–Crippen MR) is 58.1 cm³/mol. The van der Waals surface area contributed by atoms with Crippen LogP contribution in [0.25, 0.3) is 5.65 Å². The van der Waals surface area contributed by atoms with E-state index in [1.165, 1.54) is 0 Å². The lowest BCUT2D eigenvalue weighted by molar-refractivity contribution is 0.414. The Kier molecular flexibility index (Phi) is 2.17. The van der Waals surface area contributed by atoms with Crippen molar-refractivity contribution in [3.63, 3.8) is 0 Å². The molecule has 0 saturated carbocycles. The SMILES string of the molecule is CN1CCC(Nc2cncc3nnnn23)C1. The number of tetrazole rings is 1. The first kappa shape index (κ1) is 9.46. The van der Waals surface area contributed by atoms with Crippen molar-refractivity contribution in [2.24, 2.45) is 0 Å². The monoisotopic (exact) mass is 219 g/mol. The van der Waals surface area contributed by atoms with Crippen molar-refractivity contribution < 1.29 is 0 Å². The minimum absolute atomic E-state index is 0.446. The van der Waals surface area contributed by atoms with Crippen molar-refractivity contribution in [1.82, 2.24) is 29.9 Å². The maximum atomic E-state index is 4.11. The molecule has 0 radical (unpaired) electrons. The van der Waals surface area contributed by atoms with Gasteiger partial charge in [-0.05, 0) is 30.4 Å². The summed E-state index contributed by atoms with van der Waals surface area (Å²) in [6, 6.07) is 0.446. The van der Waals surface area contributed by atoms with E-state index in [0.29, 0.717) is 11.7 Å². The van der Waals surface area contributed by atoms with Gasteiger partial charge >= 0.3 is 0 Å². The fraction of sp³-hybridized carbons (Fsp3) is 0.556. The Morgan fingerprint density at radius 3 is 3.19 bits per heavy atom. The van der Waals surface area contributed by atoms with Gasteiger partial charge in [0.1, 0.15) is 0 Å². The number of likely N-dealkylation sites (tertiary alicyclic amines) is 1. The quantitative estimate of drug-likeness (QED) is 0.743. The zero-order valence-corrected chi connectivity index (χ0v) is 9.04. The Morgan fingerprint density at radius 1 is 1.44 bits per heavy atom. The molecule has 1 fully saturated rings. The second kappa shape index (κ2) is 3.67. The van der Waals surface area contributed by atoms with Gasteiger partial charge in [0.2, 0.25) is 0 Å². The van der Waals surface area contributed by atoms with Gasteiger partial charge in [0.15, 0.2) is 11.5 Å². The Bertz CT molecular complexity index is 493. The van der Waals surface area contributed by atoms with Gasteiger partial charge in [-0.25, -0.2) is 0 Å². The van der Waals surface area contributed by atoms with E-state index in [4.69, 9.17) is 0 Å². The number of nitrogens with one attached hydrogen (secondary N) is 1. The Morgan fingerprint density at radius 2 is 2.38 bits per heavy atom. The molecule has 2 aromatic heterocycles. The molecule has 0 aliphatic carbocycles. The van der Waals surface area contributed by atoms with E-state index in [1.807, 2.05) is 0 Å². The number of anilines is 1. The summed E-state index contributed by atoms with van der Waals surface area (Å²) in [6.45, 7) is 2.16. The fourth-order valence-corrected chi connectivity index (χ4v) is 2.04. The molecule has 1 N–H and O–H groups in total. The van der Waals surface area contributed by atoms with Crippen molar-refractivity contribution >= 4 is 11.5 Å². The Balaban J connectivity index is 1.86. The molecule has 0 bridgehead atoms. The second-order valence-electron chi connectivity index (χ2n) is 4.13. The summed E-state index contributed by atoms with van der Waals surface area (Å²) in [7, 11) is 2.12. The van der Waals surface area contributed by atoms with E-state index >= 15 is 0 Å². The van der Waals surface area contributed by atoms with Gasteiger partial charge < -0.3 is 10.2 Å². The van der Waals surface area contributed by atoms with Crippen molar-refractivity contribution in [1.29, 1.82) is 0 Å². The average molecular weight is 219 g/mol. The molecule has 1 unspecified atom stereocenters. The van der Waals surface area contributed by atoms with E-state index in [1.54, 1.807) is 16.9 Å². The molecule has 7 heteroatoms. The highest BCUT2D eigenvalue weighted by atomic mass is 15.5. The fourth-order valence-electron chi connectivity index (χ4n) is 2.04. The minimum Gasteiger partial charge on any atom is -0.365 e. The lowest BCUT2D eigenvalue weighted by Crippen LogP contribution is -2.24. The zero-order chi connectivity index (χ0) is 11.0. The van der Waals surface area contributed by atoms with Gasteiger partial charge in [0.25, 0.3) is 0 Å². The van der Waals surface area contributed by atoms with Crippen molar-refractivity contribution in [2.45, 2.75) is 12.5 Å². The predicted octanol–water partition coefficient (Wildman–Crippen LogP) is -0.365. The van der Waals surface area contributed by atoms with Crippen LogP contribution < -0.4 is 5.32 Å². The first-order valence-electron chi connectivity index (χ1n) is 5.30. The molecule has 1 aliphatic heterocycles. The third-order valence-electron chi connectivity index (χ3n) is 2.85. The van der Waals surface area contributed by atoms with Crippen LogP contribution in [0.4, 0.5) is 5.82 Å². The minimum atomic E-state index is 0.446. The molecule has 0 spiro atoms. The maximum Gasteiger partial charge on any atom is 0.199 e. The van der Waals surface area contributed by atoms with Gasteiger partial charge in [0.05, 0.1) is 12.4 Å². The lowest BCUT2D eigenvalue weighted by atomic mass is 10.3. The molecule has 1 aliphatic rings. The number of hydrogen-bond donors (Lipinski definition) is 1. The summed E-state index contributed by atoms with van der Waals surface area (Å²) in [5.74, 6) is 0.850. The highest BCUT2D eigenvalue weighted by molar-refractivity contribution is 5.44. The van der Waals surface area contributed by atoms with E-state index in [-0.39, 0.29) is 0 Å². The van der Waals surface area contributed by atoms with E-state index in [2.05, 4.69) is 37.8 Å². The van der Waals surface area contributed by atoms with Crippen LogP contribution in [0.2, 0.25) is 0 Å². The Hall–Kier alpha value is -1.76. The van der Waals surface area contributed by atoms with Gasteiger partial charge in [-0.2, -0.15) is 4.52 Å². The first-order chi connectivity index (χ1) is 7.83. The van der Waals surface area contributed by atoms with Crippen LogP contribution in [0.1, 0.15) is 6.42 Å². The summed E-state index contributed by atoms with van der Waals surface area (Å²) >= 11 is 0. The first-order valence-corrected chi connectivity index (χ1v) is 5.30. The standard InChI is InChI=1S/C9H13N7/c1-15-3-2-7(6-15)11-8-4-10-5-9-12-13-14-16(8)9/h4-5,7,11H,2-3,6H2,1H3. The third-order valence-corrected chi connectivity index (χ3v) is 2.85. The molecule has 2 aromatic rings. The number of nitrogens with zero attached hydrogens (tertiary/aromatic N) is 6. The van der Waals surface area contributed by atoms with Crippen LogP contribution in [0.3, 0.4) is 0 Å². The van der Waals surface area contributed by atoms with Gasteiger partial charge in [-0.3, -0.25) is 4.98 Å². The third kappa shape index (κ3) is 1.58. The molecule has 3 heterocycles. The molecule has 16 heavy (non-hydrogen) atoms. The van der Waals surface area contributed by atoms with Gasteiger partial charge in [0, 0.05) is 12.6 Å². The lowest BCUT2D eigenvalue weighted by Gasteiger charge is -2.13. The molecule has 84 valence electrons. The van der Waals surface area contributed by atoms with Crippen molar-refractivity contribution in [3.05, 3.63) is 12.4 Å². The largest absolute Gasteiger partial charge is 0.365 e. The van der Waals surface area contributed by atoms with Crippen LogP contribution >= 0.6 is 0 Å². The number of likely N-dealkylation sites (N-methyl/N-ethyl adjacent to an activating group) is 1. The number of hydrogen-bond acceptors (Lipinski definition) is 6. The normalized spacial score (nSPS) is 21.7. The van der Waals surface area contributed by atoms with Gasteiger partial charge in [-0.1, -0.05) is 0 Å². The average Bonchev–Trinajstić information content (AvgIpc) is 2.87. The zero-order valence-electron chi connectivity index (χ0n) is 9.04. The van der Waals surface area contributed by atoms with Crippen molar-refractivity contribution in [3.8, 4) is 0 Å². The molecule has 1 saturated heterocycles. The highest BCUT2D eigenvalue weighted by Gasteiger charge is 2.20. The Labute approximate surface area is 92.5 Å². The highest BCUT2D eigenvalue weighted by Crippen LogP contribution is 2.13. The second-order valence-corrected chi connectivity index (χ2v) is 4.13. The molecule has 0 amide bonds. The van der Waals surface area contributed by atoms with Crippen LogP contribution in [0.15, 0.2) is 12.4 Å². The molecule has 1 atom stereocenters. The molecule has 3 rings (SSSR count). The number of fused-ring (bicyclic) bond motifs is 1. The van der Waals surface area contributed by atoms with Crippen LogP contribution in [-0.4, -0.2) is 56.1 Å². The van der Waals surface area contributed by atoms with Crippen molar-refractivity contribution in [2.75, 3.05) is 25.5 Å². The van der Waals surface area contributed by atoms with Crippen LogP contribution in [-0.2, 0) is 0 Å². The van der Waals surface area contributed by atoms with Crippen LogP contribution in [0, 0.1) is 0 Å². The number of aromatic nitrogens is 5. The summed E-state index contributed by atoms with van der Waals surface area (Å²) in [4.78, 5) is 6.40. The van der Waals surface area contributed by atoms with E-state index in [9.17, 15) is 0 Å². The van der Waals surface area contributed by atoms with E-state index < -0.39 is 0 Å². The molecular weight excluding hydrogens is 206 g/mol. The summed E-state index contributed by atoms with van der Waals surface area (Å²) in [5, 5.41) is 14.8. The maximum absolute atomic E-state index is 4.11. The summed E-state index contributed by atoms with van der Waals surface area (Å²) in [5.41, 5.74) is 0.663. The summed E-state index contributed by atoms with van der Waals surface area (Å²) in [6.07, 6.45) is 4.53. The summed E-state index contributed by atoms with van der Waals surface area (Å²) < 4.78 is 1.67. The topological polar surface area (TPSA) is 71.2 Å². The van der Waals surface area contributed by atoms with E-state index in [0.717, 1.165) is 25.3 Å². The van der Waals surface area contributed by atoms with Gasteiger partial charge in [-0.15, -0.1) is 5.10 Å². The molecule has 7 nitrogen and oxygen atoms in total. The molecule has 0 aromatic carbocycles.